The summed E-state index contributed by atoms with van der Waals surface area (Å²) in [4.78, 5) is 12.2. The fourth-order valence-electron chi connectivity index (χ4n) is 2.81. The van der Waals surface area contributed by atoms with Crippen molar-refractivity contribution >= 4 is 27.7 Å². The van der Waals surface area contributed by atoms with E-state index < -0.39 is 5.97 Å². The molecule has 0 aliphatic heterocycles. The fraction of sp³-hybridized carbons (Fsp3) is 0.235. The molecule has 1 aromatic heterocycles. The molecule has 6 heteroatoms. The molecule has 0 radical (unpaired) electrons. The minimum absolute atomic E-state index is 0.0402. The van der Waals surface area contributed by atoms with Gasteiger partial charge in [0.15, 0.2) is 0 Å². The maximum Gasteiger partial charge on any atom is 0.342 e. The summed E-state index contributed by atoms with van der Waals surface area (Å²) < 4.78 is 21.3. The Hall–Kier alpha value is -2.89. The maximum absolute atomic E-state index is 12.2. The van der Waals surface area contributed by atoms with Crippen LogP contribution in [-0.2, 0) is 4.74 Å². The summed E-state index contributed by atoms with van der Waals surface area (Å²) in [5.41, 5.74) is 0.477. The molecular formula is C17H16O6. The summed E-state index contributed by atoms with van der Waals surface area (Å²) in [5, 5.41) is 12.1. The smallest absolute Gasteiger partial charge is 0.342 e. The van der Waals surface area contributed by atoms with Gasteiger partial charge in [-0.3, -0.25) is 0 Å². The van der Waals surface area contributed by atoms with Crippen LogP contribution in [0.4, 0.5) is 0 Å². The number of carbonyl (C=O) groups is 1. The van der Waals surface area contributed by atoms with Crippen LogP contribution >= 0.6 is 0 Å². The number of methoxy groups -OCH3 is 3. The molecule has 23 heavy (non-hydrogen) atoms. The number of rotatable bonds is 3. The second-order valence-corrected chi connectivity index (χ2v) is 5.04. The topological polar surface area (TPSA) is 78.1 Å². The molecule has 0 bridgehead atoms. The Balaban J connectivity index is 2.64. The lowest BCUT2D eigenvalue weighted by molar-refractivity contribution is 0.0600. The van der Waals surface area contributed by atoms with Crippen LogP contribution in [0.1, 0.15) is 16.1 Å². The fourth-order valence-corrected chi connectivity index (χ4v) is 2.81. The quantitative estimate of drug-likeness (QED) is 0.746. The molecule has 6 nitrogen and oxygen atoms in total. The highest BCUT2D eigenvalue weighted by atomic mass is 16.5. The van der Waals surface area contributed by atoms with Crippen LogP contribution in [0.25, 0.3) is 21.7 Å². The average Bonchev–Trinajstić information content (AvgIpc) is 2.94. The first-order valence-electron chi connectivity index (χ1n) is 6.91. The van der Waals surface area contributed by atoms with Crippen LogP contribution in [0, 0.1) is 6.92 Å². The van der Waals surface area contributed by atoms with E-state index in [-0.39, 0.29) is 11.3 Å². The van der Waals surface area contributed by atoms with Crippen molar-refractivity contribution in [3.63, 3.8) is 0 Å². The number of esters is 1. The Morgan fingerprint density at radius 3 is 2.26 bits per heavy atom. The summed E-state index contributed by atoms with van der Waals surface area (Å²) in [6, 6.07) is 5.05. The molecule has 0 fully saturated rings. The molecule has 1 heterocycles. The van der Waals surface area contributed by atoms with Gasteiger partial charge in [-0.05, 0) is 25.1 Å². The Morgan fingerprint density at radius 2 is 1.70 bits per heavy atom. The van der Waals surface area contributed by atoms with Gasteiger partial charge in [-0.2, -0.15) is 0 Å². The standard InChI is InChI=1S/C17H16O6/c1-8-7-9-12(17(19)22-4)15(18)13-10(20-2)5-6-11(21-3)14(13)16(9)23-8/h5-7,18H,1-4H3. The van der Waals surface area contributed by atoms with Crippen LogP contribution in [0.3, 0.4) is 0 Å². The lowest BCUT2D eigenvalue weighted by Gasteiger charge is -2.14. The number of phenolic OH excluding ortho intramolecular Hbond substituents is 1. The van der Waals surface area contributed by atoms with Gasteiger partial charge in [0, 0.05) is 5.39 Å². The molecule has 3 aromatic rings. The minimum atomic E-state index is -0.653. The van der Waals surface area contributed by atoms with Gasteiger partial charge in [0.1, 0.15) is 34.2 Å². The first-order valence-corrected chi connectivity index (χ1v) is 6.91. The van der Waals surface area contributed by atoms with Crippen molar-refractivity contribution in [1.29, 1.82) is 0 Å². The highest BCUT2D eigenvalue weighted by Gasteiger charge is 2.26. The predicted molar refractivity (Wildman–Crippen MR) is 84.6 cm³/mol. The predicted octanol–water partition coefficient (Wildman–Crippen LogP) is 3.40. The van der Waals surface area contributed by atoms with Gasteiger partial charge in [-0.25, -0.2) is 4.79 Å². The summed E-state index contributed by atoms with van der Waals surface area (Å²) in [6.07, 6.45) is 0. The number of benzene rings is 2. The lowest BCUT2D eigenvalue weighted by Crippen LogP contribution is -2.03. The zero-order valence-electron chi connectivity index (χ0n) is 13.2. The van der Waals surface area contributed by atoms with E-state index in [0.717, 1.165) is 0 Å². The molecular weight excluding hydrogens is 300 g/mol. The third-order valence-electron chi connectivity index (χ3n) is 3.78. The molecule has 2 aromatic carbocycles. The Morgan fingerprint density at radius 1 is 1.09 bits per heavy atom. The molecule has 0 aliphatic carbocycles. The van der Waals surface area contributed by atoms with E-state index in [2.05, 4.69) is 0 Å². The molecule has 0 aliphatic rings. The van der Waals surface area contributed by atoms with Crippen LogP contribution in [0.5, 0.6) is 17.2 Å². The number of phenols is 1. The summed E-state index contributed by atoms with van der Waals surface area (Å²) in [7, 11) is 4.26. The number of hydrogen-bond donors (Lipinski definition) is 1. The number of aromatic hydroxyl groups is 1. The van der Waals surface area contributed by atoms with Crippen molar-refractivity contribution in [2.45, 2.75) is 6.92 Å². The number of furan rings is 1. The summed E-state index contributed by atoms with van der Waals surface area (Å²) in [5.74, 6) is 0.629. The van der Waals surface area contributed by atoms with Crippen LogP contribution in [0.2, 0.25) is 0 Å². The number of hydrogen-bond acceptors (Lipinski definition) is 6. The van der Waals surface area contributed by atoms with Crippen LogP contribution < -0.4 is 9.47 Å². The molecule has 0 unspecified atom stereocenters. The summed E-state index contributed by atoms with van der Waals surface area (Å²) >= 11 is 0. The van der Waals surface area contributed by atoms with E-state index >= 15 is 0 Å². The zero-order chi connectivity index (χ0) is 16.7. The van der Waals surface area contributed by atoms with E-state index in [1.807, 2.05) is 0 Å². The molecule has 0 atom stereocenters. The SMILES string of the molecule is COC(=O)c1c(O)c2c(OC)ccc(OC)c2c2oc(C)cc12. The number of aryl methyl sites for hydroxylation is 1. The van der Waals surface area contributed by atoms with Gasteiger partial charge in [0.05, 0.1) is 32.1 Å². The van der Waals surface area contributed by atoms with Gasteiger partial charge < -0.3 is 23.7 Å². The summed E-state index contributed by atoms with van der Waals surface area (Å²) in [6.45, 7) is 1.76. The molecule has 0 spiro atoms. The lowest BCUT2D eigenvalue weighted by atomic mass is 9.99. The minimum Gasteiger partial charge on any atom is -0.506 e. The average molecular weight is 316 g/mol. The van der Waals surface area contributed by atoms with Crippen molar-refractivity contribution in [2.24, 2.45) is 0 Å². The van der Waals surface area contributed by atoms with Gasteiger partial charge >= 0.3 is 5.97 Å². The van der Waals surface area contributed by atoms with E-state index in [4.69, 9.17) is 18.6 Å². The first kappa shape index (κ1) is 15.0. The van der Waals surface area contributed by atoms with Crippen molar-refractivity contribution in [3.05, 3.63) is 29.5 Å². The molecule has 1 N–H and O–H groups in total. The molecule has 120 valence electrons. The maximum atomic E-state index is 12.2. The number of fused-ring (bicyclic) bond motifs is 3. The largest absolute Gasteiger partial charge is 0.506 e. The van der Waals surface area contributed by atoms with Crippen molar-refractivity contribution in [1.82, 2.24) is 0 Å². The monoisotopic (exact) mass is 316 g/mol. The van der Waals surface area contributed by atoms with Crippen molar-refractivity contribution in [2.75, 3.05) is 21.3 Å². The van der Waals surface area contributed by atoms with E-state index in [1.54, 1.807) is 25.1 Å². The Bertz CT molecular complexity index is 922. The highest BCUT2D eigenvalue weighted by molar-refractivity contribution is 6.20. The third kappa shape index (κ3) is 2.06. The third-order valence-corrected chi connectivity index (χ3v) is 3.78. The van der Waals surface area contributed by atoms with Crippen molar-refractivity contribution in [3.8, 4) is 17.2 Å². The van der Waals surface area contributed by atoms with Gasteiger partial charge in [0.25, 0.3) is 0 Å². The molecule has 0 saturated heterocycles. The zero-order valence-corrected chi connectivity index (χ0v) is 13.2. The normalized spacial score (nSPS) is 11.0. The molecule has 0 amide bonds. The highest BCUT2D eigenvalue weighted by Crippen LogP contribution is 2.46. The van der Waals surface area contributed by atoms with E-state index in [1.165, 1.54) is 21.3 Å². The second kappa shape index (κ2) is 5.39. The Kier molecular flexibility index (Phi) is 3.52. The first-order chi connectivity index (χ1) is 11.0. The van der Waals surface area contributed by atoms with E-state index in [0.29, 0.717) is 39.0 Å². The Labute approximate surface area is 132 Å². The van der Waals surface area contributed by atoms with Crippen LogP contribution in [-0.4, -0.2) is 32.4 Å². The number of ether oxygens (including phenoxy) is 3. The van der Waals surface area contributed by atoms with Gasteiger partial charge in [-0.15, -0.1) is 0 Å². The molecule has 3 rings (SSSR count). The van der Waals surface area contributed by atoms with Crippen molar-refractivity contribution < 1.29 is 28.5 Å². The van der Waals surface area contributed by atoms with Crippen LogP contribution in [0.15, 0.2) is 22.6 Å². The molecule has 0 saturated carbocycles. The number of carbonyl (C=O) groups excluding carboxylic acids is 1. The van der Waals surface area contributed by atoms with E-state index in [9.17, 15) is 9.90 Å². The van der Waals surface area contributed by atoms with Gasteiger partial charge in [-0.1, -0.05) is 0 Å². The van der Waals surface area contributed by atoms with Gasteiger partial charge in [0.2, 0.25) is 0 Å². The second-order valence-electron chi connectivity index (χ2n) is 5.04.